The van der Waals surface area contributed by atoms with E-state index >= 15 is 0 Å². The van der Waals surface area contributed by atoms with Gasteiger partial charge in [-0.3, -0.25) is 14.5 Å². The molecule has 7 nitrogen and oxygen atoms in total. The molecule has 120 valence electrons. The van der Waals surface area contributed by atoms with E-state index in [0.717, 1.165) is 11.0 Å². The highest BCUT2D eigenvalue weighted by molar-refractivity contribution is 6.23. The second-order valence-corrected chi connectivity index (χ2v) is 5.14. The summed E-state index contributed by atoms with van der Waals surface area (Å²) in [6.45, 7) is 3.26. The fourth-order valence-corrected chi connectivity index (χ4v) is 2.22. The molecule has 0 bridgehead atoms. The number of anilines is 2. The van der Waals surface area contributed by atoms with Gasteiger partial charge in [0.1, 0.15) is 11.4 Å². The van der Waals surface area contributed by atoms with Crippen LogP contribution < -0.4 is 21.1 Å². The molecule has 0 aromatic heterocycles. The van der Waals surface area contributed by atoms with Crippen LogP contribution in [0.5, 0.6) is 5.75 Å². The maximum absolute atomic E-state index is 12.2. The Balaban J connectivity index is 2.64. The van der Waals surface area contributed by atoms with Crippen molar-refractivity contribution in [2.45, 2.75) is 13.8 Å². The summed E-state index contributed by atoms with van der Waals surface area (Å²) in [5.41, 5.74) is 12.8. The first-order valence-electron chi connectivity index (χ1n) is 6.78. The number of aryl methyl sites for hydroxylation is 1. The van der Waals surface area contributed by atoms with Crippen LogP contribution in [0.1, 0.15) is 12.5 Å². The molecule has 0 saturated carbocycles. The smallest absolute Gasteiger partial charge is 0.324 e. The number of urea groups is 1. The van der Waals surface area contributed by atoms with Crippen LogP contribution in [0.3, 0.4) is 0 Å². The first kappa shape index (κ1) is 16.3. The normalized spacial score (nSPS) is 14.2. The molecule has 0 radical (unpaired) electrons. The Hall–Kier alpha value is -3.09. The number of amides is 2. The van der Waals surface area contributed by atoms with Crippen molar-refractivity contribution in [2.24, 2.45) is 5.73 Å². The quantitative estimate of drug-likeness (QED) is 0.647. The Kier molecular flexibility index (Phi) is 4.22. The van der Waals surface area contributed by atoms with Crippen molar-refractivity contribution in [2.75, 3.05) is 17.7 Å². The number of nitrogen functional groups attached to an aromatic ring is 1. The first-order valence-corrected chi connectivity index (χ1v) is 6.78. The number of ketones is 2. The molecule has 0 aliphatic heterocycles. The number of hydrogen-bond donors (Lipinski definition) is 2. The van der Waals surface area contributed by atoms with Crippen molar-refractivity contribution in [3.05, 3.63) is 41.1 Å². The van der Waals surface area contributed by atoms with Gasteiger partial charge in [0.05, 0.1) is 12.8 Å². The van der Waals surface area contributed by atoms with E-state index in [-0.39, 0.29) is 22.9 Å². The zero-order valence-corrected chi connectivity index (χ0v) is 13.0. The third-order valence-electron chi connectivity index (χ3n) is 3.53. The van der Waals surface area contributed by atoms with Gasteiger partial charge < -0.3 is 16.2 Å². The van der Waals surface area contributed by atoms with Crippen molar-refractivity contribution in [1.82, 2.24) is 0 Å². The van der Waals surface area contributed by atoms with Gasteiger partial charge in [0.2, 0.25) is 5.78 Å². The Bertz CT molecular complexity index is 778. The van der Waals surface area contributed by atoms with E-state index in [1.165, 1.54) is 26.2 Å². The third kappa shape index (κ3) is 2.94. The van der Waals surface area contributed by atoms with Gasteiger partial charge in [0.25, 0.3) is 0 Å². The van der Waals surface area contributed by atoms with Gasteiger partial charge in [0.15, 0.2) is 5.78 Å². The highest BCUT2D eigenvalue weighted by Gasteiger charge is 2.29. The Morgan fingerprint density at radius 1 is 1.13 bits per heavy atom. The summed E-state index contributed by atoms with van der Waals surface area (Å²) in [5, 5.41) is 0. The number of rotatable bonds is 3. The van der Waals surface area contributed by atoms with Gasteiger partial charge in [-0.2, -0.15) is 0 Å². The van der Waals surface area contributed by atoms with Gasteiger partial charge in [0, 0.05) is 23.4 Å². The second-order valence-electron chi connectivity index (χ2n) is 5.14. The van der Waals surface area contributed by atoms with Crippen molar-refractivity contribution in [3.63, 3.8) is 0 Å². The summed E-state index contributed by atoms with van der Waals surface area (Å²) < 4.78 is 5.22. The minimum atomic E-state index is -0.909. The highest BCUT2D eigenvalue weighted by Crippen LogP contribution is 2.35. The predicted octanol–water partition coefficient (Wildman–Crippen LogP) is 1.45. The number of carbonyl (C=O) groups is 3. The number of nitrogens with two attached hydrogens (primary N) is 2. The van der Waals surface area contributed by atoms with Gasteiger partial charge >= 0.3 is 6.03 Å². The van der Waals surface area contributed by atoms with Crippen LogP contribution in [0.15, 0.2) is 35.6 Å². The van der Waals surface area contributed by atoms with Crippen LogP contribution in [0.25, 0.3) is 0 Å². The number of hydrogen-bond acceptors (Lipinski definition) is 5. The molecule has 7 heteroatoms. The lowest BCUT2D eigenvalue weighted by Crippen LogP contribution is -2.39. The lowest BCUT2D eigenvalue weighted by Gasteiger charge is -2.26. The average molecular weight is 315 g/mol. The molecule has 1 aliphatic rings. The molecule has 2 amide bonds. The van der Waals surface area contributed by atoms with E-state index in [0.29, 0.717) is 16.8 Å². The first-order chi connectivity index (χ1) is 10.8. The molecule has 1 aromatic rings. The molecule has 0 saturated heterocycles. The lowest BCUT2D eigenvalue weighted by molar-refractivity contribution is -0.115. The Morgan fingerprint density at radius 2 is 1.78 bits per heavy atom. The fourth-order valence-electron chi connectivity index (χ4n) is 2.22. The largest absolute Gasteiger partial charge is 0.494 e. The molecule has 0 heterocycles. The van der Waals surface area contributed by atoms with Crippen LogP contribution in [0.2, 0.25) is 0 Å². The van der Waals surface area contributed by atoms with Crippen LogP contribution in [-0.2, 0) is 9.59 Å². The standard InChI is InChI=1S/C16H17N3O4/c1-8-4-12(15(23-3)6-10(8)17)19(16(18)22)11-7-13(20)9(2)5-14(11)21/h4-7H,17H2,1-3H3,(H2,18,22). The molecule has 1 aliphatic carbocycles. The summed E-state index contributed by atoms with van der Waals surface area (Å²) in [7, 11) is 1.40. The molecular formula is C16H17N3O4. The van der Waals surface area contributed by atoms with E-state index in [2.05, 4.69) is 0 Å². The summed E-state index contributed by atoms with van der Waals surface area (Å²) in [5.74, 6) is -0.589. The molecule has 4 N–H and O–H groups in total. The minimum absolute atomic E-state index is 0.129. The lowest BCUT2D eigenvalue weighted by atomic mass is 10.0. The number of nitrogens with zero attached hydrogens (tertiary/aromatic N) is 1. The number of allylic oxidation sites excluding steroid dienone is 3. The van der Waals surface area contributed by atoms with Crippen molar-refractivity contribution in [1.29, 1.82) is 0 Å². The highest BCUT2D eigenvalue weighted by atomic mass is 16.5. The average Bonchev–Trinajstić information content (AvgIpc) is 2.47. The molecule has 23 heavy (non-hydrogen) atoms. The van der Waals surface area contributed by atoms with E-state index in [4.69, 9.17) is 16.2 Å². The van der Waals surface area contributed by atoms with Crippen LogP contribution in [-0.4, -0.2) is 24.7 Å². The molecular weight excluding hydrogens is 298 g/mol. The SMILES string of the molecule is COc1cc(N)c(C)cc1N(C(N)=O)C1=CC(=O)C(C)=CC1=O. The maximum Gasteiger partial charge on any atom is 0.324 e. The molecule has 2 rings (SSSR count). The zero-order chi connectivity index (χ0) is 17.3. The number of carbonyl (C=O) groups excluding carboxylic acids is 3. The monoisotopic (exact) mass is 315 g/mol. The fraction of sp³-hybridized carbons (Fsp3) is 0.188. The number of primary amides is 1. The summed E-state index contributed by atoms with van der Waals surface area (Å²) in [6.07, 6.45) is 2.26. The van der Waals surface area contributed by atoms with E-state index in [1.54, 1.807) is 13.0 Å². The van der Waals surface area contributed by atoms with Crippen LogP contribution in [0, 0.1) is 6.92 Å². The number of ether oxygens (including phenoxy) is 1. The molecule has 0 atom stereocenters. The molecule has 1 aromatic carbocycles. The topological polar surface area (TPSA) is 116 Å². The van der Waals surface area contributed by atoms with E-state index in [9.17, 15) is 14.4 Å². The Labute approximate surface area is 133 Å². The van der Waals surface area contributed by atoms with Crippen molar-refractivity contribution >= 4 is 29.0 Å². The number of methoxy groups -OCH3 is 1. The van der Waals surface area contributed by atoms with Crippen LogP contribution in [0.4, 0.5) is 16.2 Å². The summed E-state index contributed by atoms with van der Waals surface area (Å²) in [4.78, 5) is 37.0. The summed E-state index contributed by atoms with van der Waals surface area (Å²) >= 11 is 0. The van der Waals surface area contributed by atoms with Gasteiger partial charge in [-0.25, -0.2) is 4.79 Å². The van der Waals surface area contributed by atoms with Crippen molar-refractivity contribution < 1.29 is 19.1 Å². The molecule has 0 unspecified atom stereocenters. The molecule has 0 fully saturated rings. The minimum Gasteiger partial charge on any atom is -0.494 e. The Morgan fingerprint density at radius 3 is 2.35 bits per heavy atom. The van der Waals surface area contributed by atoms with Gasteiger partial charge in [-0.1, -0.05) is 0 Å². The van der Waals surface area contributed by atoms with Gasteiger partial charge in [-0.15, -0.1) is 0 Å². The number of benzene rings is 1. The maximum atomic E-state index is 12.2. The third-order valence-corrected chi connectivity index (χ3v) is 3.53. The molecule has 0 spiro atoms. The van der Waals surface area contributed by atoms with Gasteiger partial charge in [-0.05, 0) is 31.6 Å². The second kappa shape index (κ2) is 5.96. The summed E-state index contributed by atoms with van der Waals surface area (Å²) in [6, 6.07) is 2.19. The van der Waals surface area contributed by atoms with Crippen LogP contribution >= 0.6 is 0 Å². The van der Waals surface area contributed by atoms with E-state index in [1.807, 2.05) is 0 Å². The zero-order valence-electron chi connectivity index (χ0n) is 13.0. The van der Waals surface area contributed by atoms with E-state index < -0.39 is 11.8 Å². The van der Waals surface area contributed by atoms with Crippen molar-refractivity contribution in [3.8, 4) is 5.75 Å². The predicted molar refractivity (Wildman–Crippen MR) is 86.1 cm³/mol.